The molecule has 118 valence electrons. The van der Waals surface area contributed by atoms with Crippen LogP contribution in [0, 0.1) is 10.1 Å². The number of nitrogens with one attached hydrogen (secondary N) is 2. The molecule has 0 aliphatic heterocycles. The molecule has 0 saturated heterocycles. The van der Waals surface area contributed by atoms with Gasteiger partial charge in [0.05, 0.1) is 10.6 Å². The SMILES string of the molecule is CSC(C)CCNS(=O)(=O)c1cc(NN)ccc1[N+](=O)[O-]. The smallest absolute Gasteiger partial charge is 0.289 e. The van der Waals surface area contributed by atoms with Crippen LogP contribution in [0.1, 0.15) is 13.3 Å². The molecule has 1 aromatic carbocycles. The molecule has 0 heterocycles. The fourth-order valence-electron chi connectivity index (χ4n) is 1.56. The molecular formula is C11H18N4O4S2. The van der Waals surface area contributed by atoms with Gasteiger partial charge in [0, 0.05) is 17.9 Å². The van der Waals surface area contributed by atoms with Crippen molar-refractivity contribution in [3.63, 3.8) is 0 Å². The first kappa shape index (κ1) is 17.7. The number of thioether (sulfide) groups is 1. The van der Waals surface area contributed by atoms with Crippen LogP contribution in [0.15, 0.2) is 23.1 Å². The number of hydrogen-bond acceptors (Lipinski definition) is 7. The zero-order valence-corrected chi connectivity index (χ0v) is 13.3. The third-order valence-corrected chi connectivity index (χ3v) is 5.39. The molecule has 4 N–H and O–H groups in total. The van der Waals surface area contributed by atoms with Crippen molar-refractivity contribution in [1.82, 2.24) is 4.72 Å². The van der Waals surface area contributed by atoms with E-state index >= 15 is 0 Å². The van der Waals surface area contributed by atoms with Crippen molar-refractivity contribution < 1.29 is 13.3 Å². The van der Waals surface area contributed by atoms with Gasteiger partial charge < -0.3 is 5.43 Å². The van der Waals surface area contributed by atoms with E-state index in [1.54, 1.807) is 11.8 Å². The number of anilines is 1. The lowest BCUT2D eigenvalue weighted by molar-refractivity contribution is -0.387. The predicted molar refractivity (Wildman–Crippen MR) is 83.7 cm³/mol. The van der Waals surface area contributed by atoms with E-state index in [4.69, 9.17) is 5.84 Å². The molecule has 0 aliphatic carbocycles. The largest absolute Gasteiger partial charge is 0.324 e. The third kappa shape index (κ3) is 4.84. The van der Waals surface area contributed by atoms with Crippen LogP contribution in [0.4, 0.5) is 11.4 Å². The lowest BCUT2D eigenvalue weighted by Crippen LogP contribution is -2.27. The van der Waals surface area contributed by atoms with Crippen molar-refractivity contribution in [2.45, 2.75) is 23.5 Å². The van der Waals surface area contributed by atoms with Crippen LogP contribution in [0.25, 0.3) is 0 Å². The Morgan fingerprint density at radius 2 is 2.14 bits per heavy atom. The maximum Gasteiger partial charge on any atom is 0.289 e. The normalized spacial score (nSPS) is 12.9. The second kappa shape index (κ2) is 7.59. The molecule has 1 rings (SSSR count). The summed E-state index contributed by atoms with van der Waals surface area (Å²) in [7, 11) is -3.97. The average Bonchev–Trinajstić information content (AvgIpc) is 2.45. The molecule has 0 spiro atoms. The van der Waals surface area contributed by atoms with E-state index in [9.17, 15) is 18.5 Å². The number of sulfonamides is 1. The maximum atomic E-state index is 12.2. The van der Waals surface area contributed by atoms with Crippen molar-refractivity contribution in [2.75, 3.05) is 18.2 Å². The Bertz CT molecular complexity index is 606. The highest BCUT2D eigenvalue weighted by Crippen LogP contribution is 2.26. The summed E-state index contributed by atoms with van der Waals surface area (Å²) in [6.07, 6.45) is 2.56. The van der Waals surface area contributed by atoms with Crippen LogP contribution >= 0.6 is 11.8 Å². The van der Waals surface area contributed by atoms with Gasteiger partial charge in [-0.05, 0) is 24.8 Å². The van der Waals surface area contributed by atoms with Crippen LogP contribution in [0.3, 0.4) is 0 Å². The summed E-state index contributed by atoms with van der Waals surface area (Å²) in [5.74, 6) is 5.21. The minimum absolute atomic E-state index is 0.210. The Hall–Kier alpha value is -1.36. The number of nitro groups is 1. The maximum absolute atomic E-state index is 12.2. The highest BCUT2D eigenvalue weighted by Gasteiger charge is 2.26. The molecule has 0 radical (unpaired) electrons. The summed E-state index contributed by atoms with van der Waals surface area (Å²) < 4.78 is 26.8. The molecule has 0 bridgehead atoms. The number of benzene rings is 1. The second-order valence-corrected chi connectivity index (χ2v) is 7.33. The van der Waals surface area contributed by atoms with Crippen molar-refractivity contribution in [2.24, 2.45) is 5.84 Å². The van der Waals surface area contributed by atoms with E-state index in [2.05, 4.69) is 10.1 Å². The first-order valence-electron chi connectivity index (χ1n) is 6.09. The van der Waals surface area contributed by atoms with Crippen molar-refractivity contribution in [3.8, 4) is 0 Å². The zero-order valence-electron chi connectivity index (χ0n) is 11.7. The quantitative estimate of drug-likeness (QED) is 0.371. The van der Waals surface area contributed by atoms with Crippen molar-refractivity contribution >= 4 is 33.2 Å². The molecule has 8 nitrogen and oxygen atoms in total. The standard InChI is InChI=1S/C11H18N4O4S2/c1-8(20-2)5-6-13-21(18,19)11-7-9(14-12)3-4-10(11)15(16)17/h3-4,7-8,13-14H,5-6,12H2,1-2H3. The molecule has 1 aromatic rings. The van der Waals surface area contributed by atoms with Crippen molar-refractivity contribution in [3.05, 3.63) is 28.3 Å². The molecule has 0 amide bonds. The van der Waals surface area contributed by atoms with Crippen LogP contribution in [0.5, 0.6) is 0 Å². The summed E-state index contributed by atoms with van der Waals surface area (Å²) in [6, 6.07) is 3.58. The minimum Gasteiger partial charge on any atom is -0.324 e. The summed E-state index contributed by atoms with van der Waals surface area (Å²) in [6.45, 7) is 2.18. The second-order valence-electron chi connectivity index (χ2n) is 4.32. The number of nitrogen functional groups attached to an aromatic ring is 1. The van der Waals surface area contributed by atoms with Gasteiger partial charge in [-0.15, -0.1) is 0 Å². The van der Waals surface area contributed by atoms with E-state index in [1.165, 1.54) is 6.07 Å². The van der Waals surface area contributed by atoms with E-state index in [0.29, 0.717) is 11.7 Å². The third-order valence-electron chi connectivity index (χ3n) is 2.86. The average molecular weight is 334 g/mol. The Morgan fingerprint density at radius 1 is 1.48 bits per heavy atom. The summed E-state index contributed by atoms with van der Waals surface area (Å²) in [4.78, 5) is 9.82. The van der Waals surface area contributed by atoms with Gasteiger partial charge in [0.2, 0.25) is 10.0 Å². The molecule has 0 saturated carbocycles. The minimum atomic E-state index is -3.97. The first-order valence-corrected chi connectivity index (χ1v) is 8.86. The summed E-state index contributed by atoms with van der Waals surface area (Å²) in [5.41, 5.74) is 2.06. The molecular weight excluding hydrogens is 316 g/mol. The van der Waals surface area contributed by atoms with Gasteiger partial charge in [0.1, 0.15) is 0 Å². The number of hydrogen-bond donors (Lipinski definition) is 3. The molecule has 21 heavy (non-hydrogen) atoms. The predicted octanol–water partition coefficient (Wildman–Crippen LogP) is 1.30. The fraction of sp³-hybridized carbons (Fsp3) is 0.455. The molecule has 1 atom stereocenters. The summed E-state index contributed by atoms with van der Waals surface area (Å²) >= 11 is 1.62. The Morgan fingerprint density at radius 3 is 2.67 bits per heavy atom. The number of hydrazine groups is 1. The summed E-state index contributed by atoms with van der Waals surface area (Å²) in [5, 5.41) is 11.2. The Labute approximate surface area is 127 Å². The van der Waals surface area contributed by atoms with E-state index in [-0.39, 0.29) is 12.2 Å². The molecule has 1 unspecified atom stereocenters. The molecule has 0 fully saturated rings. The van der Waals surface area contributed by atoms with Crippen molar-refractivity contribution in [1.29, 1.82) is 0 Å². The van der Waals surface area contributed by atoms with E-state index in [1.807, 2.05) is 13.2 Å². The molecule has 0 aromatic heterocycles. The molecule has 10 heteroatoms. The topological polar surface area (TPSA) is 127 Å². The van der Waals surface area contributed by atoms with Gasteiger partial charge >= 0.3 is 0 Å². The van der Waals surface area contributed by atoms with Gasteiger partial charge in [-0.3, -0.25) is 16.0 Å². The first-order chi connectivity index (χ1) is 9.81. The van der Waals surface area contributed by atoms with Crippen LogP contribution in [0.2, 0.25) is 0 Å². The number of nitrogens with zero attached hydrogens (tertiary/aromatic N) is 1. The van der Waals surface area contributed by atoms with Crippen LogP contribution < -0.4 is 16.0 Å². The zero-order chi connectivity index (χ0) is 16.0. The van der Waals surface area contributed by atoms with Gasteiger partial charge in [-0.2, -0.15) is 11.8 Å². The molecule has 0 aliphatic rings. The number of rotatable bonds is 8. The van der Waals surface area contributed by atoms with Crippen LogP contribution in [-0.2, 0) is 10.0 Å². The van der Waals surface area contributed by atoms with Gasteiger partial charge in [-0.25, -0.2) is 13.1 Å². The Balaban J connectivity index is 3.03. The number of nitrogens with two attached hydrogens (primary N) is 1. The monoisotopic (exact) mass is 334 g/mol. The van der Waals surface area contributed by atoms with E-state index in [0.717, 1.165) is 12.1 Å². The Kier molecular flexibility index (Phi) is 6.40. The van der Waals surface area contributed by atoms with E-state index < -0.39 is 25.5 Å². The van der Waals surface area contributed by atoms with Gasteiger partial charge in [0.15, 0.2) is 4.90 Å². The van der Waals surface area contributed by atoms with Gasteiger partial charge in [0.25, 0.3) is 5.69 Å². The lowest BCUT2D eigenvalue weighted by Gasteiger charge is -2.11. The van der Waals surface area contributed by atoms with Crippen LogP contribution in [-0.4, -0.2) is 31.4 Å². The highest BCUT2D eigenvalue weighted by atomic mass is 32.2. The van der Waals surface area contributed by atoms with Gasteiger partial charge in [-0.1, -0.05) is 6.92 Å². The number of nitro benzene ring substituents is 1. The lowest BCUT2D eigenvalue weighted by atomic mass is 10.3. The highest BCUT2D eigenvalue weighted by molar-refractivity contribution is 7.99. The fourth-order valence-corrected chi connectivity index (χ4v) is 3.16.